The molecule has 1 aromatic rings. The maximum absolute atomic E-state index is 13.6. The summed E-state index contributed by atoms with van der Waals surface area (Å²) in [4.78, 5) is 25.0. The van der Waals surface area contributed by atoms with Crippen molar-refractivity contribution in [3.63, 3.8) is 0 Å². The van der Waals surface area contributed by atoms with E-state index >= 15 is 0 Å². The van der Waals surface area contributed by atoms with Gasteiger partial charge in [0.25, 0.3) is 5.91 Å². The van der Waals surface area contributed by atoms with Gasteiger partial charge in [-0.05, 0) is 12.1 Å². The summed E-state index contributed by atoms with van der Waals surface area (Å²) >= 11 is 5.84. The summed E-state index contributed by atoms with van der Waals surface area (Å²) in [6, 6.07) is 3.45. The van der Waals surface area contributed by atoms with Gasteiger partial charge in [-0.2, -0.15) is 0 Å². The molecule has 2 fully saturated rings. The topological polar surface area (TPSA) is 46.6 Å². The first-order chi connectivity index (χ1) is 8.58. The van der Waals surface area contributed by atoms with E-state index in [0.29, 0.717) is 13.0 Å². The number of carbonyl (C=O) groups is 2. The SMILES string of the molecule is O=C1O[C@H]2C[C@@H]1N(C(=O)c1c(F)cccc1Cl)C2. The molecule has 2 aliphatic heterocycles. The number of fused-ring (bicyclic) bond motifs is 2. The maximum Gasteiger partial charge on any atom is 0.329 e. The van der Waals surface area contributed by atoms with Crippen molar-refractivity contribution in [2.75, 3.05) is 6.54 Å². The lowest BCUT2D eigenvalue weighted by atomic mass is 10.1. The highest BCUT2D eigenvalue weighted by molar-refractivity contribution is 6.33. The minimum absolute atomic E-state index is 0.0520. The van der Waals surface area contributed by atoms with Gasteiger partial charge in [-0.15, -0.1) is 0 Å². The summed E-state index contributed by atoms with van der Waals surface area (Å²) in [7, 11) is 0. The van der Waals surface area contributed by atoms with Gasteiger partial charge in [-0.1, -0.05) is 17.7 Å². The van der Waals surface area contributed by atoms with Crippen LogP contribution in [0.3, 0.4) is 0 Å². The van der Waals surface area contributed by atoms with E-state index in [2.05, 4.69) is 0 Å². The first kappa shape index (κ1) is 11.5. The fraction of sp³-hybridized carbons (Fsp3) is 0.333. The lowest BCUT2D eigenvalue weighted by Crippen LogP contribution is -2.44. The number of carbonyl (C=O) groups excluding carboxylic acids is 2. The molecule has 6 heteroatoms. The van der Waals surface area contributed by atoms with Gasteiger partial charge in [0.2, 0.25) is 0 Å². The lowest BCUT2D eigenvalue weighted by Gasteiger charge is -2.26. The molecule has 0 spiro atoms. The Morgan fingerprint density at radius 1 is 1.50 bits per heavy atom. The fourth-order valence-electron chi connectivity index (χ4n) is 2.42. The van der Waals surface area contributed by atoms with Crippen molar-refractivity contribution in [3.05, 3.63) is 34.6 Å². The third-order valence-electron chi connectivity index (χ3n) is 3.26. The molecule has 0 aliphatic carbocycles. The second-order valence-electron chi connectivity index (χ2n) is 4.36. The van der Waals surface area contributed by atoms with E-state index in [4.69, 9.17) is 16.3 Å². The van der Waals surface area contributed by atoms with Crippen LogP contribution in [0.15, 0.2) is 18.2 Å². The number of rotatable bonds is 1. The molecule has 3 rings (SSSR count). The second kappa shape index (κ2) is 3.95. The molecule has 18 heavy (non-hydrogen) atoms. The number of hydrogen-bond acceptors (Lipinski definition) is 3. The summed E-state index contributed by atoms with van der Waals surface area (Å²) in [5.74, 6) is -1.65. The predicted molar refractivity (Wildman–Crippen MR) is 60.7 cm³/mol. The van der Waals surface area contributed by atoms with Crippen molar-refractivity contribution in [1.29, 1.82) is 0 Å². The number of nitrogens with zero attached hydrogens (tertiary/aromatic N) is 1. The molecule has 2 heterocycles. The molecule has 4 nitrogen and oxygen atoms in total. The van der Waals surface area contributed by atoms with Crippen LogP contribution in [-0.4, -0.2) is 35.5 Å². The minimum Gasteiger partial charge on any atom is -0.459 e. The van der Waals surface area contributed by atoms with Crippen molar-refractivity contribution in [1.82, 2.24) is 4.90 Å². The molecule has 0 aromatic heterocycles. The van der Waals surface area contributed by atoms with Gasteiger partial charge in [0.1, 0.15) is 18.0 Å². The Balaban J connectivity index is 1.94. The largest absolute Gasteiger partial charge is 0.459 e. The predicted octanol–water partition coefficient (Wildman–Crippen LogP) is 1.62. The number of ether oxygens (including phenoxy) is 1. The molecule has 0 saturated carbocycles. The Morgan fingerprint density at radius 2 is 2.28 bits per heavy atom. The van der Waals surface area contributed by atoms with Crippen molar-refractivity contribution >= 4 is 23.5 Å². The van der Waals surface area contributed by atoms with Crippen molar-refractivity contribution in [3.8, 4) is 0 Å². The number of amides is 1. The van der Waals surface area contributed by atoms with Crippen LogP contribution >= 0.6 is 11.6 Å². The third-order valence-corrected chi connectivity index (χ3v) is 3.57. The summed E-state index contributed by atoms with van der Waals surface area (Å²) in [6.45, 7) is 0.305. The molecule has 94 valence electrons. The Kier molecular flexibility index (Phi) is 2.52. The molecule has 0 N–H and O–H groups in total. The number of hydrogen-bond donors (Lipinski definition) is 0. The Morgan fingerprint density at radius 3 is 2.89 bits per heavy atom. The maximum atomic E-state index is 13.6. The summed E-state index contributed by atoms with van der Waals surface area (Å²) in [5, 5.41) is 0.0520. The highest BCUT2D eigenvalue weighted by Crippen LogP contribution is 2.32. The molecule has 0 radical (unpaired) electrons. The molecular weight excluding hydrogens is 261 g/mol. The quantitative estimate of drug-likeness (QED) is 0.728. The van der Waals surface area contributed by atoms with Crippen LogP contribution in [0.2, 0.25) is 5.02 Å². The number of morpholine rings is 1. The van der Waals surface area contributed by atoms with Gasteiger partial charge < -0.3 is 9.64 Å². The third kappa shape index (κ3) is 1.58. The molecule has 2 aliphatic rings. The van der Waals surface area contributed by atoms with Gasteiger partial charge in [-0.25, -0.2) is 9.18 Å². The first-order valence-corrected chi connectivity index (χ1v) is 5.91. The number of halogens is 2. The van der Waals surface area contributed by atoms with E-state index in [9.17, 15) is 14.0 Å². The highest BCUT2D eigenvalue weighted by atomic mass is 35.5. The van der Waals surface area contributed by atoms with Crippen LogP contribution in [0.4, 0.5) is 4.39 Å². The normalized spacial score (nSPS) is 25.4. The highest BCUT2D eigenvalue weighted by Gasteiger charge is 2.49. The first-order valence-electron chi connectivity index (χ1n) is 5.53. The van der Waals surface area contributed by atoms with E-state index in [0.717, 1.165) is 0 Å². The summed E-state index contributed by atoms with van der Waals surface area (Å²) in [6.07, 6.45) is 0.216. The van der Waals surface area contributed by atoms with Crippen LogP contribution in [-0.2, 0) is 9.53 Å². The Hall–Kier alpha value is -1.62. The van der Waals surface area contributed by atoms with Gasteiger partial charge >= 0.3 is 5.97 Å². The monoisotopic (exact) mass is 269 g/mol. The molecule has 1 aromatic carbocycles. The molecule has 2 atom stereocenters. The van der Waals surface area contributed by atoms with Crippen LogP contribution in [0.1, 0.15) is 16.8 Å². The van der Waals surface area contributed by atoms with Crippen molar-refractivity contribution in [2.24, 2.45) is 0 Å². The zero-order chi connectivity index (χ0) is 12.9. The average Bonchev–Trinajstić information content (AvgIpc) is 2.87. The summed E-state index contributed by atoms with van der Waals surface area (Å²) in [5.41, 5.74) is -0.181. The Labute approximate surface area is 107 Å². The molecular formula is C12H9ClFNO3. The van der Waals surface area contributed by atoms with E-state index < -0.39 is 23.7 Å². The van der Waals surface area contributed by atoms with Crippen molar-refractivity contribution in [2.45, 2.75) is 18.6 Å². The summed E-state index contributed by atoms with van der Waals surface area (Å²) < 4.78 is 18.6. The lowest BCUT2D eigenvalue weighted by molar-refractivity contribution is -0.149. The Bertz CT molecular complexity index is 528. The fourth-order valence-corrected chi connectivity index (χ4v) is 2.66. The van der Waals surface area contributed by atoms with Crippen LogP contribution in [0.25, 0.3) is 0 Å². The van der Waals surface area contributed by atoms with E-state index in [1.54, 1.807) is 0 Å². The van der Waals surface area contributed by atoms with Crippen LogP contribution < -0.4 is 0 Å². The number of esters is 1. The van der Waals surface area contributed by atoms with E-state index in [-0.39, 0.29) is 16.7 Å². The van der Waals surface area contributed by atoms with Crippen LogP contribution in [0.5, 0.6) is 0 Å². The van der Waals surface area contributed by atoms with Gasteiger partial charge in [0.15, 0.2) is 0 Å². The second-order valence-corrected chi connectivity index (χ2v) is 4.77. The average molecular weight is 270 g/mol. The van der Waals surface area contributed by atoms with Crippen LogP contribution in [0, 0.1) is 5.82 Å². The molecule has 2 bridgehead atoms. The standard InChI is InChI=1S/C12H9ClFNO3/c13-7-2-1-3-8(14)10(7)11(16)15-5-6-4-9(15)12(17)18-6/h1-3,6,9H,4-5H2/t6-,9-/m0/s1. The number of benzene rings is 1. The zero-order valence-electron chi connectivity index (χ0n) is 9.23. The van der Waals surface area contributed by atoms with Gasteiger partial charge in [0.05, 0.1) is 17.1 Å². The van der Waals surface area contributed by atoms with Gasteiger partial charge in [0, 0.05) is 6.42 Å². The minimum atomic E-state index is -0.677. The van der Waals surface area contributed by atoms with E-state index in [1.165, 1.54) is 23.1 Å². The molecule has 2 saturated heterocycles. The zero-order valence-corrected chi connectivity index (χ0v) is 9.98. The smallest absolute Gasteiger partial charge is 0.329 e. The molecule has 0 unspecified atom stereocenters. The van der Waals surface area contributed by atoms with Crippen molar-refractivity contribution < 1.29 is 18.7 Å². The number of likely N-dealkylation sites (tertiary alicyclic amines) is 1. The van der Waals surface area contributed by atoms with E-state index in [1.807, 2.05) is 0 Å². The van der Waals surface area contributed by atoms with Gasteiger partial charge in [-0.3, -0.25) is 4.79 Å². The molecule has 1 amide bonds.